The highest BCUT2D eigenvalue weighted by atomic mass is 32.2. The van der Waals surface area contributed by atoms with E-state index in [1.807, 2.05) is 13.8 Å². The third-order valence-electron chi connectivity index (χ3n) is 4.38. The van der Waals surface area contributed by atoms with Gasteiger partial charge in [0, 0.05) is 25.2 Å². The molecule has 0 unspecified atom stereocenters. The Morgan fingerprint density at radius 2 is 1.91 bits per heavy atom. The molecule has 0 atom stereocenters. The van der Waals surface area contributed by atoms with E-state index in [1.165, 1.54) is 36.1 Å². The fraction of sp³-hybridized carbons (Fsp3) is 0.273. The van der Waals surface area contributed by atoms with Crippen LogP contribution in [-0.4, -0.2) is 44.3 Å². The fourth-order valence-electron chi connectivity index (χ4n) is 2.65. The van der Waals surface area contributed by atoms with E-state index in [-0.39, 0.29) is 28.7 Å². The number of nitrogens with zero attached hydrogens (tertiary/aromatic N) is 3. The van der Waals surface area contributed by atoms with Crippen LogP contribution >= 0.6 is 0 Å². The number of carbonyl (C=O) groups excluding carboxylic acids is 1. The average Bonchev–Trinajstić information content (AvgIpc) is 2.74. The molecular weight excluding hydrogens is 444 g/mol. The van der Waals surface area contributed by atoms with Gasteiger partial charge in [-0.2, -0.15) is 13.4 Å². The Hall–Kier alpha value is -3.73. The standard InChI is InChI=1S/C22H28N6O4S/c1-6-24-16(3)25-21(29)14-28-12-11-18(22(23)26-17(4)32-5)13-20(28)27-33(30,31)19-9-7-15(2)8-10-19/h7-13,23-24H,3,6,14H2,1-2,4-5H3,(H,25,29). The molecule has 1 heterocycles. The number of hydrogen-bond acceptors (Lipinski definition) is 6. The largest absolute Gasteiger partial charge is 0.484 e. The number of amidine groups is 1. The number of aromatic nitrogens is 1. The molecule has 1 aromatic heterocycles. The number of methoxy groups -OCH3 is 1. The molecule has 33 heavy (non-hydrogen) atoms. The molecule has 0 aliphatic heterocycles. The molecular formula is C22H28N6O4S. The molecule has 3 N–H and O–H groups in total. The van der Waals surface area contributed by atoms with Crippen molar-refractivity contribution in [3.8, 4) is 0 Å². The smallest absolute Gasteiger partial charge is 0.284 e. The Labute approximate surface area is 193 Å². The maximum Gasteiger partial charge on any atom is 0.284 e. The van der Waals surface area contributed by atoms with Crippen molar-refractivity contribution in [2.24, 2.45) is 9.39 Å². The monoisotopic (exact) mass is 472 g/mol. The quantitative estimate of drug-likeness (QED) is 0.396. The van der Waals surface area contributed by atoms with Crippen LogP contribution < -0.4 is 16.1 Å². The van der Waals surface area contributed by atoms with Crippen LogP contribution in [0, 0.1) is 12.3 Å². The number of aliphatic imine (C=N–C) groups is 1. The second-order valence-corrected chi connectivity index (χ2v) is 8.63. The summed E-state index contributed by atoms with van der Waals surface area (Å²) >= 11 is 0. The first-order valence-corrected chi connectivity index (χ1v) is 11.5. The highest BCUT2D eigenvalue weighted by Gasteiger charge is 2.14. The molecule has 176 valence electrons. The molecule has 0 fully saturated rings. The van der Waals surface area contributed by atoms with Gasteiger partial charge in [0.15, 0.2) is 11.7 Å². The van der Waals surface area contributed by atoms with Crippen molar-refractivity contribution >= 4 is 27.7 Å². The maximum absolute atomic E-state index is 12.9. The van der Waals surface area contributed by atoms with Crippen LogP contribution in [0.25, 0.3) is 0 Å². The molecule has 2 aromatic rings. The molecule has 0 aliphatic rings. The third kappa shape index (κ3) is 7.42. The molecule has 1 amide bonds. The van der Waals surface area contributed by atoms with Gasteiger partial charge in [-0.3, -0.25) is 10.2 Å². The summed E-state index contributed by atoms with van der Waals surface area (Å²) < 4.78 is 36.1. The predicted octanol–water partition coefficient (Wildman–Crippen LogP) is 1.67. The normalized spacial score (nSPS) is 12.2. The van der Waals surface area contributed by atoms with Crippen molar-refractivity contribution in [3.63, 3.8) is 0 Å². The molecule has 11 heteroatoms. The second-order valence-electron chi connectivity index (χ2n) is 7.02. The highest BCUT2D eigenvalue weighted by Crippen LogP contribution is 2.12. The molecule has 1 aromatic carbocycles. The van der Waals surface area contributed by atoms with Gasteiger partial charge in [-0.15, -0.1) is 4.40 Å². The Morgan fingerprint density at radius 3 is 2.52 bits per heavy atom. The van der Waals surface area contributed by atoms with Gasteiger partial charge in [0.2, 0.25) is 5.91 Å². The number of carbonyl (C=O) groups is 1. The Balaban J connectivity index is 2.54. The first-order valence-electron chi connectivity index (χ1n) is 10.0. The van der Waals surface area contributed by atoms with Crippen LogP contribution in [0.15, 0.2) is 69.3 Å². The summed E-state index contributed by atoms with van der Waals surface area (Å²) in [6.07, 6.45) is 1.47. The van der Waals surface area contributed by atoms with Crippen LogP contribution in [0.5, 0.6) is 0 Å². The van der Waals surface area contributed by atoms with Crippen LogP contribution in [0.1, 0.15) is 25.0 Å². The molecule has 0 radical (unpaired) electrons. The van der Waals surface area contributed by atoms with Gasteiger partial charge in [0.25, 0.3) is 10.0 Å². The maximum atomic E-state index is 12.9. The number of sulfonamides is 1. The van der Waals surface area contributed by atoms with E-state index in [2.05, 4.69) is 26.6 Å². The van der Waals surface area contributed by atoms with E-state index < -0.39 is 15.9 Å². The molecule has 10 nitrogen and oxygen atoms in total. The minimum absolute atomic E-state index is 0.0124. The van der Waals surface area contributed by atoms with Crippen molar-refractivity contribution in [3.05, 3.63) is 71.6 Å². The lowest BCUT2D eigenvalue weighted by Crippen LogP contribution is -2.36. The van der Waals surface area contributed by atoms with Gasteiger partial charge >= 0.3 is 0 Å². The molecule has 0 saturated heterocycles. The predicted molar refractivity (Wildman–Crippen MR) is 126 cm³/mol. The van der Waals surface area contributed by atoms with Crippen molar-refractivity contribution in [2.75, 3.05) is 13.7 Å². The van der Waals surface area contributed by atoms with Crippen molar-refractivity contribution < 1.29 is 17.9 Å². The van der Waals surface area contributed by atoms with Crippen LogP contribution in [0.4, 0.5) is 0 Å². The SMILES string of the molecule is C=C(NCC)NC(=O)Cn1ccc(C(=N)N=C(C)OC)cc1=NS(=O)(=O)c1ccc(C)cc1. The van der Waals surface area contributed by atoms with Gasteiger partial charge in [-0.05, 0) is 38.1 Å². The number of ether oxygens (including phenoxy) is 1. The van der Waals surface area contributed by atoms with Gasteiger partial charge in [-0.25, -0.2) is 0 Å². The van der Waals surface area contributed by atoms with Gasteiger partial charge in [0.1, 0.15) is 12.0 Å². The lowest BCUT2D eigenvalue weighted by atomic mass is 10.2. The number of benzene rings is 1. The number of pyridine rings is 1. The van der Waals surface area contributed by atoms with E-state index >= 15 is 0 Å². The van der Waals surface area contributed by atoms with Crippen molar-refractivity contribution in [2.45, 2.75) is 32.2 Å². The van der Waals surface area contributed by atoms with Gasteiger partial charge < -0.3 is 19.9 Å². The number of nitrogens with one attached hydrogen (secondary N) is 3. The second kappa shape index (κ2) is 11.2. The first-order chi connectivity index (χ1) is 15.6. The summed E-state index contributed by atoms with van der Waals surface area (Å²) in [5, 5.41) is 13.6. The number of amides is 1. The topological polar surface area (TPSA) is 138 Å². The summed E-state index contributed by atoms with van der Waals surface area (Å²) in [5.41, 5.74) is 1.17. The van der Waals surface area contributed by atoms with E-state index in [9.17, 15) is 13.2 Å². The summed E-state index contributed by atoms with van der Waals surface area (Å²) in [6, 6.07) is 9.19. The van der Waals surface area contributed by atoms with Crippen molar-refractivity contribution in [1.29, 1.82) is 5.41 Å². The third-order valence-corrected chi connectivity index (χ3v) is 5.67. The highest BCUT2D eigenvalue weighted by molar-refractivity contribution is 7.90. The van der Waals surface area contributed by atoms with Crippen LogP contribution in [0.3, 0.4) is 0 Å². The summed E-state index contributed by atoms with van der Waals surface area (Å²) in [4.78, 5) is 16.4. The number of hydrogen-bond donors (Lipinski definition) is 3. The zero-order valence-corrected chi connectivity index (χ0v) is 19.9. The molecule has 0 bridgehead atoms. The van der Waals surface area contributed by atoms with E-state index in [0.29, 0.717) is 17.9 Å². The Morgan fingerprint density at radius 1 is 1.24 bits per heavy atom. The van der Waals surface area contributed by atoms with Crippen LogP contribution in [-0.2, 0) is 26.1 Å². The van der Waals surface area contributed by atoms with Gasteiger partial charge in [-0.1, -0.05) is 24.3 Å². The average molecular weight is 473 g/mol. The number of rotatable bonds is 8. The van der Waals surface area contributed by atoms with E-state index in [4.69, 9.17) is 10.1 Å². The Kier molecular flexibility index (Phi) is 8.69. The molecule has 0 saturated carbocycles. The first kappa shape index (κ1) is 25.5. The zero-order chi connectivity index (χ0) is 24.6. The minimum Gasteiger partial charge on any atom is -0.484 e. The summed E-state index contributed by atoms with van der Waals surface area (Å²) in [6.45, 7) is 9.36. The van der Waals surface area contributed by atoms with Crippen molar-refractivity contribution in [1.82, 2.24) is 15.2 Å². The van der Waals surface area contributed by atoms with Gasteiger partial charge in [0.05, 0.1) is 17.8 Å². The summed E-state index contributed by atoms with van der Waals surface area (Å²) in [5.74, 6) is 0.0299. The molecule has 2 rings (SSSR count). The van der Waals surface area contributed by atoms with E-state index in [0.717, 1.165) is 5.56 Å². The minimum atomic E-state index is -4.08. The fourth-order valence-corrected chi connectivity index (χ4v) is 3.64. The molecule has 0 spiro atoms. The summed E-state index contributed by atoms with van der Waals surface area (Å²) in [7, 11) is -2.65. The van der Waals surface area contributed by atoms with E-state index in [1.54, 1.807) is 25.1 Å². The Bertz CT molecular complexity index is 1240. The lowest BCUT2D eigenvalue weighted by molar-refractivity contribution is -0.121. The zero-order valence-electron chi connectivity index (χ0n) is 19.0. The number of aryl methyl sites for hydroxylation is 1. The lowest BCUT2D eigenvalue weighted by Gasteiger charge is -2.12. The van der Waals surface area contributed by atoms with Crippen LogP contribution in [0.2, 0.25) is 0 Å². The molecule has 0 aliphatic carbocycles.